The zero-order valence-electron chi connectivity index (χ0n) is 26.4. The van der Waals surface area contributed by atoms with E-state index in [9.17, 15) is 27.9 Å². The van der Waals surface area contributed by atoms with Crippen LogP contribution in [0.2, 0.25) is 0 Å². The van der Waals surface area contributed by atoms with Crippen LogP contribution in [0.1, 0.15) is 74.8 Å². The number of nitrogens with one attached hydrogen (secondary N) is 1. The van der Waals surface area contributed by atoms with Crippen LogP contribution in [0.15, 0.2) is 30.3 Å². The summed E-state index contributed by atoms with van der Waals surface area (Å²) in [6.45, 7) is 5.91. The second-order valence-electron chi connectivity index (χ2n) is 13.6. The largest absolute Gasteiger partial charge is 0.494 e. The normalized spacial score (nSPS) is 27.0. The summed E-state index contributed by atoms with van der Waals surface area (Å²) in [6.07, 6.45) is 0.757. The van der Waals surface area contributed by atoms with Gasteiger partial charge in [-0.1, -0.05) is 13.8 Å². The van der Waals surface area contributed by atoms with E-state index in [-0.39, 0.29) is 23.2 Å². The number of halogens is 3. The first-order valence-electron chi connectivity index (χ1n) is 16.2. The summed E-state index contributed by atoms with van der Waals surface area (Å²) >= 11 is 0. The van der Waals surface area contributed by atoms with Crippen LogP contribution in [-0.4, -0.2) is 57.1 Å². The molecule has 3 aliphatic rings. The number of carboxylic acids is 1. The average molecular weight is 643 g/mol. The summed E-state index contributed by atoms with van der Waals surface area (Å²) in [4.78, 5) is 30.3. The average Bonchev–Trinajstić information content (AvgIpc) is 3.34. The Morgan fingerprint density at radius 1 is 1.11 bits per heavy atom. The highest BCUT2D eigenvalue weighted by Crippen LogP contribution is 2.50. The Labute approximate surface area is 265 Å². The van der Waals surface area contributed by atoms with E-state index in [2.05, 4.69) is 22.3 Å². The number of carbonyl (C=O) groups is 2. The van der Waals surface area contributed by atoms with Crippen LogP contribution in [0.25, 0.3) is 22.3 Å². The molecule has 1 saturated heterocycles. The molecule has 248 valence electrons. The van der Waals surface area contributed by atoms with E-state index in [1.807, 2.05) is 0 Å². The van der Waals surface area contributed by atoms with Crippen molar-refractivity contribution < 1.29 is 37.3 Å². The minimum atomic E-state index is -4.97. The fourth-order valence-electron chi connectivity index (χ4n) is 8.20. The number of aliphatic carboxylic acids is 1. The topological polar surface area (TPSA) is 116 Å². The van der Waals surface area contributed by atoms with Gasteiger partial charge in [-0.15, -0.1) is 0 Å². The lowest BCUT2D eigenvalue weighted by molar-refractivity contribution is -0.155. The summed E-state index contributed by atoms with van der Waals surface area (Å²) < 4.78 is 56.4. The molecule has 12 heteroatoms. The quantitative estimate of drug-likeness (QED) is 0.289. The van der Waals surface area contributed by atoms with Crippen molar-refractivity contribution in [2.75, 3.05) is 19.8 Å². The summed E-state index contributed by atoms with van der Waals surface area (Å²) in [5.74, 6) is -1.32. The molecule has 3 heterocycles. The number of benzene rings is 1. The maximum Gasteiger partial charge on any atom is 0.434 e. The fraction of sp³-hybridized carbons (Fsp3) is 0.588. The van der Waals surface area contributed by atoms with Crippen LogP contribution in [0.4, 0.5) is 13.2 Å². The molecule has 9 nitrogen and oxygen atoms in total. The maximum atomic E-state index is 14.5. The van der Waals surface area contributed by atoms with Gasteiger partial charge in [-0.05, 0) is 98.8 Å². The maximum absolute atomic E-state index is 14.5. The number of aryl methyl sites for hydroxylation is 1. The third-order valence-corrected chi connectivity index (χ3v) is 10.4. The van der Waals surface area contributed by atoms with E-state index < -0.39 is 40.8 Å². The highest BCUT2D eigenvalue weighted by molar-refractivity contribution is 6.00. The minimum absolute atomic E-state index is 0.0504. The lowest BCUT2D eigenvalue weighted by atomic mass is 9.56. The number of nitrogens with zero attached hydrogens (tertiary/aromatic N) is 3. The molecule has 2 aromatic heterocycles. The molecule has 3 fully saturated rings. The highest BCUT2D eigenvalue weighted by atomic mass is 19.4. The molecule has 2 saturated carbocycles. The smallest absolute Gasteiger partial charge is 0.434 e. The van der Waals surface area contributed by atoms with E-state index in [1.54, 1.807) is 36.9 Å². The van der Waals surface area contributed by atoms with E-state index in [1.165, 1.54) is 6.07 Å². The van der Waals surface area contributed by atoms with Gasteiger partial charge in [-0.3, -0.25) is 9.48 Å². The summed E-state index contributed by atoms with van der Waals surface area (Å²) in [5.41, 5.74) is -2.92. The van der Waals surface area contributed by atoms with Gasteiger partial charge in [0, 0.05) is 31.7 Å². The first-order chi connectivity index (χ1) is 21.9. The Morgan fingerprint density at radius 2 is 1.87 bits per heavy atom. The van der Waals surface area contributed by atoms with E-state index in [4.69, 9.17) is 9.47 Å². The number of amides is 1. The van der Waals surface area contributed by atoms with Gasteiger partial charge in [-0.25, -0.2) is 9.78 Å². The molecule has 2 N–H and O–H groups in total. The number of carbonyl (C=O) groups excluding carboxylic acids is 1. The molecule has 0 radical (unpaired) electrons. The number of hydrogen-bond donors (Lipinski definition) is 2. The second kappa shape index (κ2) is 12.5. The van der Waals surface area contributed by atoms with Crippen LogP contribution in [-0.2, 0) is 22.8 Å². The molecule has 3 aromatic rings. The second-order valence-corrected chi connectivity index (χ2v) is 13.6. The molecule has 5 unspecified atom stereocenters. The van der Waals surface area contributed by atoms with Gasteiger partial charge < -0.3 is 19.9 Å². The van der Waals surface area contributed by atoms with Crippen LogP contribution >= 0.6 is 0 Å². The van der Waals surface area contributed by atoms with Gasteiger partial charge in [0.1, 0.15) is 17.0 Å². The summed E-state index contributed by atoms with van der Waals surface area (Å²) in [6, 6.07) is 7.72. The molecule has 1 aromatic carbocycles. The molecule has 6 rings (SSSR count). The van der Waals surface area contributed by atoms with Crippen LogP contribution in [0, 0.1) is 29.6 Å². The molecular weight excluding hydrogens is 601 g/mol. The lowest BCUT2D eigenvalue weighted by Crippen LogP contribution is -2.66. The standard InChI is InChI=1S/C34H41F3N4O5/c1-19-14-22-16-20(2)33(32(43)44,23(15-19)17-22)39-31(42)26-6-7-27(38-30(26)34(35,36)37)29-25-5-4-24(18-28(25)41(3)40-29)46-13-10-21-8-11-45-12-9-21/h4-7,18-23H,8-17H2,1-3H3,(H,39,42)(H,43,44). The number of ether oxygens (including phenoxy) is 2. The summed E-state index contributed by atoms with van der Waals surface area (Å²) in [5, 5.41) is 18.1. The van der Waals surface area contributed by atoms with Gasteiger partial charge in [0.2, 0.25) is 0 Å². The van der Waals surface area contributed by atoms with Crippen molar-refractivity contribution in [3.8, 4) is 17.1 Å². The number of rotatable bonds is 8. The van der Waals surface area contributed by atoms with Gasteiger partial charge >= 0.3 is 12.1 Å². The van der Waals surface area contributed by atoms with E-state index in [0.717, 1.165) is 45.0 Å². The lowest BCUT2D eigenvalue weighted by Gasteiger charge is -2.52. The predicted octanol–water partition coefficient (Wildman–Crippen LogP) is 6.50. The molecule has 46 heavy (non-hydrogen) atoms. The first-order valence-corrected chi connectivity index (χ1v) is 16.2. The zero-order valence-corrected chi connectivity index (χ0v) is 26.4. The molecule has 1 aliphatic heterocycles. The van der Waals surface area contributed by atoms with Crippen molar-refractivity contribution in [3.05, 3.63) is 41.6 Å². The Kier molecular flexibility index (Phi) is 8.77. The number of fused-ring (bicyclic) bond motifs is 3. The Morgan fingerprint density at radius 3 is 2.59 bits per heavy atom. The minimum Gasteiger partial charge on any atom is -0.494 e. The van der Waals surface area contributed by atoms with Crippen molar-refractivity contribution in [2.45, 2.75) is 70.5 Å². The Bertz CT molecular complexity index is 1610. The van der Waals surface area contributed by atoms with Gasteiger partial charge in [0.05, 0.1) is 23.4 Å². The highest BCUT2D eigenvalue weighted by Gasteiger charge is 2.57. The first kappa shape index (κ1) is 32.3. The van der Waals surface area contributed by atoms with E-state index in [0.29, 0.717) is 54.4 Å². The zero-order chi connectivity index (χ0) is 32.8. The number of aromatic nitrogens is 3. The van der Waals surface area contributed by atoms with Gasteiger partial charge in [-0.2, -0.15) is 18.3 Å². The summed E-state index contributed by atoms with van der Waals surface area (Å²) in [7, 11) is 1.69. The molecule has 2 aliphatic carbocycles. The third kappa shape index (κ3) is 6.08. The van der Waals surface area contributed by atoms with Crippen molar-refractivity contribution in [3.63, 3.8) is 0 Å². The van der Waals surface area contributed by atoms with Crippen molar-refractivity contribution >= 4 is 22.8 Å². The number of pyridine rings is 1. The predicted molar refractivity (Wildman–Crippen MR) is 164 cm³/mol. The van der Waals surface area contributed by atoms with Crippen LogP contribution in [0.5, 0.6) is 5.75 Å². The van der Waals surface area contributed by atoms with E-state index >= 15 is 0 Å². The molecule has 1 amide bonds. The fourth-order valence-corrected chi connectivity index (χ4v) is 8.20. The van der Waals surface area contributed by atoms with Crippen LogP contribution in [0.3, 0.4) is 0 Å². The van der Waals surface area contributed by atoms with Gasteiger partial charge in [0.15, 0.2) is 5.69 Å². The third-order valence-electron chi connectivity index (χ3n) is 10.4. The molecule has 5 atom stereocenters. The van der Waals surface area contributed by atoms with Gasteiger partial charge in [0.25, 0.3) is 5.91 Å². The van der Waals surface area contributed by atoms with Crippen molar-refractivity contribution in [1.82, 2.24) is 20.1 Å². The van der Waals surface area contributed by atoms with Crippen molar-refractivity contribution in [1.29, 1.82) is 0 Å². The SMILES string of the molecule is CC1CC2CC(C)C(NC(=O)c3ccc(-c4nn(C)c5cc(OCCC6CCOCC6)ccc45)nc3C(F)(F)F)(C(=O)O)C(C1)C2. The molecular formula is C34H41F3N4O5. The van der Waals surface area contributed by atoms with Crippen LogP contribution < -0.4 is 10.1 Å². The molecule has 2 bridgehead atoms. The monoisotopic (exact) mass is 642 g/mol. The number of hydrogen-bond acceptors (Lipinski definition) is 6. The molecule has 0 spiro atoms. The number of carboxylic acid groups (broad SMARTS) is 1. The number of alkyl halides is 3. The van der Waals surface area contributed by atoms with Crippen molar-refractivity contribution in [2.24, 2.45) is 36.6 Å². The Hall–Kier alpha value is -3.67. The Balaban J connectivity index is 1.27.